The highest BCUT2D eigenvalue weighted by Crippen LogP contribution is 2.61. The molecule has 7 atom stereocenters. The van der Waals surface area contributed by atoms with E-state index in [1.54, 1.807) is 6.08 Å². The number of hydrogen-bond donors (Lipinski definition) is 9. The van der Waals surface area contributed by atoms with E-state index in [2.05, 4.69) is 47.1 Å². The molecule has 3 heterocycles. The third-order valence-corrected chi connectivity index (χ3v) is 13.2. The number of aliphatic hydroxyl groups excluding tert-OH is 2. The number of nitrogens with zero attached hydrogens (tertiary/aromatic N) is 4. The summed E-state index contributed by atoms with van der Waals surface area (Å²) >= 11 is 1.07. The number of carbonyl (C=O) groups excluding carboxylic acids is 3. The number of ether oxygens (including phenoxy) is 1. The van der Waals surface area contributed by atoms with Gasteiger partial charge in [-0.1, -0.05) is 71.1 Å². The molecule has 10 N–H and O–H groups in total. The Balaban J connectivity index is 1.38. The van der Waals surface area contributed by atoms with Gasteiger partial charge in [-0.05, 0) is 25.0 Å². The summed E-state index contributed by atoms with van der Waals surface area (Å²) in [5.41, 5.74) is 7.30. The van der Waals surface area contributed by atoms with Gasteiger partial charge in [0.05, 0.1) is 19.5 Å². The minimum Gasteiger partial charge on any atom is -0.386 e. The Hall–Kier alpha value is -2.92. The highest BCUT2D eigenvalue weighted by molar-refractivity contribution is 8.13. The zero-order valence-corrected chi connectivity index (χ0v) is 38.6. The lowest BCUT2D eigenvalue weighted by atomic mass is 9.87. The van der Waals surface area contributed by atoms with Gasteiger partial charge >= 0.3 is 23.5 Å². The molecule has 3 rings (SSSR count). The number of aromatic nitrogens is 4. The van der Waals surface area contributed by atoms with E-state index < -0.39 is 84.6 Å². The number of phosphoric ester groups is 3. The Morgan fingerprint density at radius 3 is 2.38 bits per heavy atom. The summed E-state index contributed by atoms with van der Waals surface area (Å²) in [4.78, 5) is 88.0. The van der Waals surface area contributed by atoms with Crippen LogP contribution in [0.1, 0.15) is 91.2 Å². The first kappa shape index (κ1) is 54.4. The van der Waals surface area contributed by atoms with Gasteiger partial charge in [0.25, 0.3) is 0 Å². The molecule has 0 spiro atoms. The van der Waals surface area contributed by atoms with Crippen molar-refractivity contribution in [3.63, 3.8) is 0 Å². The molecule has 0 aliphatic carbocycles. The second-order valence-electron chi connectivity index (χ2n) is 15.0. The number of nitrogens with two attached hydrogens (primary N) is 1. The number of carbonyl (C=O) groups is 3. The third kappa shape index (κ3) is 19.2. The van der Waals surface area contributed by atoms with Gasteiger partial charge in [0.1, 0.15) is 36.3 Å². The van der Waals surface area contributed by atoms with Gasteiger partial charge < -0.3 is 50.9 Å². The topological polar surface area (TPSA) is 364 Å². The van der Waals surface area contributed by atoms with Gasteiger partial charge in [-0.3, -0.25) is 32.5 Å². The first-order chi connectivity index (χ1) is 29.6. The lowest BCUT2D eigenvalue weighted by Crippen LogP contribution is -2.46. The standard InChI is InChI=1S/C35H58N7O17P3S/c1-4-5-6-7-8-9-10-11-12-13-14-15-26(44)63-19-18-37-25(43)16-17-38-33(47)30(46)35(2,3)21-56-62(53,54)59-61(51,52)55-20-24-29(58-60(48,49)50)28(45)34(57-24)42-23-41-27-31(36)39-22-40-32(27)42/h12,14,22-24,28-30,34,45-46H,4-11,15-21H2,1-3H3,(H,37,43)(H,38,47)(H,51,52)(H,53,54)(H2,36,39,40)(H2,48,49,50)/t13?,24-,28-,29-,30+,34+/m1/s1. The van der Waals surface area contributed by atoms with Gasteiger partial charge in [0, 0.05) is 37.1 Å². The molecule has 2 unspecified atom stereocenters. The summed E-state index contributed by atoms with van der Waals surface area (Å²) in [5, 5.41) is 26.4. The maximum atomic E-state index is 12.7. The van der Waals surface area contributed by atoms with Crippen LogP contribution in [0.25, 0.3) is 11.2 Å². The average molecular weight is 974 g/mol. The Kier molecular flexibility index (Phi) is 22.2. The zero-order valence-electron chi connectivity index (χ0n) is 35.1. The van der Waals surface area contributed by atoms with Gasteiger partial charge in [-0.15, -0.1) is 5.73 Å². The number of imidazole rings is 1. The van der Waals surface area contributed by atoms with Crippen LogP contribution in [0.4, 0.5) is 5.82 Å². The Morgan fingerprint density at radius 1 is 1.00 bits per heavy atom. The first-order valence-corrected chi connectivity index (χ1v) is 25.5. The van der Waals surface area contributed by atoms with E-state index in [-0.39, 0.29) is 48.0 Å². The summed E-state index contributed by atoms with van der Waals surface area (Å²) in [6, 6.07) is 0. The van der Waals surface area contributed by atoms with Crippen LogP contribution < -0.4 is 16.4 Å². The van der Waals surface area contributed by atoms with Crippen LogP contribution in [0.5, 0.6) is 0 Å². The van der Waals surface area contributed by atoms with Crippen molar-refractivity contribution in [1.29, 1.82) is 0 Å². The number of unbranched alkanes of at least 4 members (excludes halogenated alkanes) is 7. The molecule has 28 heteroatoms. The van der Waals surface area contributed by atoms with Crippen LogP contribution in [-0.2, 0) is 50.7 Å². The highest BCUT2D eigenvalue weighted by atomic mass is 32.2. The van der Waals surface area contributed by atoms with Crippen molar-refractivity contribution in [2.24, 2.45) is 5.41 Å². The molecule has 0 aromatic carbocycles. The maximum absolute atomic E-state index is 12.7. The van der Waals surface area contributed by atoms with Crippen LogP contribution in [-0.4, -0.2) is 123 Å². The molecular formula is C35H58N7O17P3S. The predicted octanol–water partition coefficient (Wildman–Crippen LogP) is 2.91. The first-order valence-electron chi connectivity index (χ1n) is 20.0. The predicted molar refractivity (Wildman–Crippen MR) is 227 cm³/mol. The molecule has 1 aliphatic rings. The number of anilines is 1. The fourth-order valence-electron chi connectivity index (χ4n) is 5.87. The quantitative estimate of drug-likeness (QED) is 0.0321. The molecule has 1 saturated heterocycles. The molecule has 1 aliphatic heterocycles. The SMILES string of the molecule is CCCCCCCCCC=C=CCC(=O)SCCNC(=O)CCNC(=O)[C@H](O)C(C)(C)COP(=O)(O)OP(=O)(O)OC[C@H]1O[C@H](n2cnc3c(N)ncnc32)[C@H](O)[C@@H]1OP(=O)(O)O. The van der Waals surface area contributed by atoms with E-state index in [9.17, 15) is 57.9 Å². The van der Waals surface area contributed by atoms with Crippen LogP contribution in [0, 0.1) is 5.41 Å². The molecule has 0 bridgehead atoms. The molecule has 2 aromatic heterocycles. The Labute approximate surface area is 368 Å². The summed E-state index contributed by atoms with van der Waals surface area (Å²) in [7, 11) is -16.4. The minimum atomic E-state index is -5.58. The smallest absolute Gasteiger partial charge is 0.386 e. The average Bonchev–Trinajstić information content (AvgIpc) is 3.76. The molecule has 1 fully saturated rings. The van der Waals surface area contributed by atoms with Gasteiger partial charge in [0.2, 0.25) is 11.8 Å². The lowest BCUT2D eigenvalue weighted by molar-refractivity contribution is -0.137. The van der Waals surface area contributed by atoms with Crippen molar-refractivity contribution in [3.8, 4) is 0 Å². The second kappa shape index (κ2) is 25.7. The van der Waals surface area contributed by atoms with E-state index in [4.69, 9.17) is 19.5 Å². The number of nitrogens with one attached hydrogen (secondary N) is 2. The van der Waals surface area contributed by atoms with Gasteiger partial charge in [-0.25, -0.2) is 28.6 Å². The second-order valence-corrected chi connectivity index (χ2v) is 20.4. The Bertz CT molecular complexity index is 2030. The van der Waals surface area contributed by atoms with Crippen LogP contribution >= 0.6 is 35.2 Å². The number of phosphoric acid groups is 3. The van der Waals surface area contributed by atoms with E-state index in [1.807, 2.05) is 6.08 Å². The molecule has 356 valence electrons. The van der Waals surface area contributed by atoms with Gasteiger partial charge in [0.15, 0.2) is 22.8 Å². The fraction of sp³-hybridized carbons (Fsp3) is 0.686. The lowest BCUT2D eigenvalue weighted by Gasteiger charge is -2.30. The van der Waals surface area contributed by atoms with E-state index in [1.165, 1.54) is 52.4 Å². The van der Waals surface area contributed by atoms with E-state index in [0.29, 0.717) is 5.75 Å². The number of allylic oxidation sites excluding steroid dienone is 1. The van der Waals surface area contributed by atoms with Gasteiger partial charge in [-0.2, -0.15) is 4.31 Å². The summed E-state index contributed by atoms with van der Waals surface area (Å²) in [6.45, 7) is 2.69. The van der Waals surface area contributed by atoms with Crippen molar-refractivity contribution in [2.45, 2.75) is 116 Å². The maximum Gasteiger partial charge on any atom is 0.481 e. The number of thioether (sulfide) groups is 1. The van der Waals surface area contributed by atoms with Crippen LogP contribution in [0.2, 0.25) is 0 Å². The normalized spacial score (nSPS) is 20.3. The summed E-state index contributed by atoms with van der Waals surface area (Å²) < 4.78 is 62.3. The van der Waals surface area contributed by atoms with Crippen molar-refractivity contribution < 1.29 is 80.5 Å². The van der Waals surface area contributed by atoms with Crippen LogP contribution in [0.15, 0.2) is 30.5 Å². The molecule has 0 radical (unpaired) electrons. The highest BCUT2D eigenvalue weighted by Gasteiger charge is 2.50. The largest absolute Gasteiger partial charge is 0.481 e. The number of hydrogen-bond acceptors (Lipinski definition) is 18. The summed E-state index contributed by atoms with van der Waals surface area (Å²) in [5.74, 6) is -1.12. The number of amides is 2. The summed E-state index contributed by atoms with van der Waals surface area (Å²) in [6.07, 6.45) is 6.41. The number of aliphatic hydroxyl groups is 2. The van der Waals surface area contributed by atoms with Crippen molar-refractivity contribution in [3.05, 3.63) is 30.5 Å². The molecule has 2 amide bonds. The zero-order chi connectivity index (χ0) is 46.8. The molecular weight excluding hydrogens is 915 g/mol. The molecule has 63 heavy (non-hydrogen) atoms. The minimum absolute atomic E-state index is 0.0308. The van der Waals surface area contributed by atoms with E-state index in [0.717, 1.165) is 41.8 Å². The van der Waals surface area contributed by atoms with Crippen molar-refractivity contribution in [2.75, 3.05) is 37.8 Å². The number of fused-ring (bicyclic) bond motifs is 1. The monoisotopic (exact) mass is 973 g/mol. The number of nitrogen functional groups attached to an aromatic ring is 1. The van der Waals surface area contributed by atoms with Crippen molar-refractivity contribution in [1.82, 2.24) is 30.2 Å². The molecule has 0 saturated carbocycles. The molecule has 2 aromatic rings. The Morgan fingerprint density at radius 2 is 1.68 bits per heavy atom. The van der Waals surface area contributed by atoms with Crippen molar-refractivity contribution >= 4 is 69.1 Å². The van der Waals surface area contributed by atoms with E-state index >= 15 is 0 Å². The number of rotatable bonds is 29. The third-order valence-electron chi connectivity index (χ3n) is 9.22. The van der Waals surface area contributed by atoms with Crippen LogP contribution in [0.3, 0.4) is 0 Å². The molecule has 24 nitrogen and oxygen atoms in total. The fourth-order valence-corrected chi connectivity index (χ4v) is 9.33.